The third kappa shape index (κ3) is 7.12. The minimum absolute atomic E-state index is 0.00812. The molecular formula is C35H25F10NO4. The molecular weight excluding hydrogens is 688 g/mol. The van der Waals surface area contributed by atoms with E-state index in [2.05, 4.69) is 0 Å². The number of nitrogens with zero attached hydrogens (tertiary/aromatic N) is 1. The van der Waals surface area contributed by atoms with Gasteiger partial charge in [-0.2, -0.15) is 39.5 Å². The first-order valence-corrected chi connectivity index (χ1v) is 14.6. The molecule has 0 aliphatic carbocycles. The standard InChI is InChI=1S/C35H25F10NO4/c1-17-8-19(4-5-20(17)16-47)27-13-28(30(49-3)14-29(27)36)26-7-6-23(33(37,38)39)11-22(26)15-46-18(2)31(50-32(46)48)21-9-24(34(40,41)42)12-25(10-21)35(43,44)45/h4-14,16,18,31H,15H2,1-3H3/t18-,31-/m0/s1. The van der Waals surface area contributed by atoms with Gasteiger partial charge in [0.25, 0.3) is 0 Å². The van der Waals surface area contributed by atoms with Crippen molar-refractivity contribution in [2.75, 3.05) is 7.11 Å². The molecule has 0 bridgehead atoms. The second kappa shape index (κ2) is 13.0. The van der Waals surface area contributed by atoms with E-state index in [9.17, 15) is 49.1 Å². The lowest BCUT2D eigenvalue weighted by Gasteiger charge is -2.24. The number of carbonyl (C=O) groups is 2. The van der Waals surface area contributed by atoms with Gasteiger partial charge < -0.3 is 9.47 Å². The highest BCUT2D eigenvalue weighted by Crippen LogP contribution is 2.44. The molecule has 5 rings (SSSR count). The normalized spacial score (nSPS) is 16.8. The van der Waals surface area contributed by atoms with Gasteiger partial charge in [0.05, 0.1) is 36.4 Å². The van der Waals surface area contributed by atoms with Crippen molar-refractivity contribution < 1.29 is 63.0 Å². The number of carbonyl (C=O) groups excluding carboxylic acids is 2. The number of aldehydes is 1. The molecule has 4 aromatic carbocycles. The Bertz CT molecular complexity index is 1930. The molecule has 1 aliphatic rings. The quantitative estimate of drug-likeness (QED) is 0.141. The lowest BCUT2D eigenvalue weighted by atomic mass is 9.92. The Kier molecular flexibility index (Phi) is 9.41. The van der Waals surface area contributed by atoms with Crippen LogP contribution in [0.25, 0.3) is 22.3 Å². The third-order valence-electron chi connectivity index (χ3n) is 8.39. The maximum Gasteiger partial charge on any atom is 0.416 e. The number of aryl methyl sites for hydroxylation is 1. The number of amides is 1. The summed E-state index contributed by atoms with van der Waals surface area (Å²) in [5.41, 5.74) is -3.91. The van der Waals surface area contributed by atoms with Crippen LogP contribution in [0.15, 0.2) is 66.7 Å². The molecule has 0 radical (unpaired) electrons. The molecule has 4 aromatic rings. The molecule has 264 valence electrons. The molecule has 5 nitrogen and oxygen atoms in total. The summed E-state index contributed by atoms with van der Waals surface area (Å²) in [5, 5.41) is 0. The van der Waals surface area contributed by atoms with Crippen molar-refractivity contribution in [3.8, 4) is 28.0 Å². The largest absolute Gasteiger partial charge is 0.496 e. The molecule has 0 spiro atoms. The zero-order valence-electron chi connectivity index (χ0n) is 26.1. The van der Waals surface area contributed by atoms with Crippen molar-refractivity contribution in [1.82, 2.24) is 4.90 Å². The van der Waals surface area contributed by atoms with Gasteiger partial charge in [0.1, 0.15) is 24.0 Å². The summed E-state index contributed by atoms with van der Waals surface area (Å²) in [6, 6.07) is 8.81. The second-order valence-corrected chi connectivity index (χ2v) is 11.6. The van der Waals surface area contributed by atoms with Crippen molar-refractivity contribution in [2.24, 2.45) is 0 Å². The Hall–Kier alpha value is -5.08. The summed E-state index contributed by atoms with van der Waals surface area (Å²) < 4.78 is 149. The van der Waals surface area contributed by atoms with Gasteiger partial charge in [-0.15, -0.1) is 0 Å². The van der Waals surface area contributed by atoms with E-state index >= 15 is 4.39 Å². The lowest BCUT2D eigenvalue weighted by molar-refractivity contribution is -0.143. The first-order valence-electron chi connectivity index (χ1n) is 14.6. The van der Waals surface area contributed by atoms with E-state index in [-0.39, 0.29) is 34.1 Å². The van der Waals surface area contributed by atoms with Gasteiger partial charge in [0.2, 0.25) is 0 Å². The predicted molar refractivity (Wildman–Crippen MR) is 160 cm³/mol. The minimum Gasteiger partial charge on any atom is -0.496 e. The molecule has 1 saturated heterocycles. The summed E-state index contributed by atoms with van der Waals surface area (Å²) in [7, 11) is 1.19. The molecule has 0 aromatic heterocycles. The van der Waals surface area contributed by atoms with Crippen LogP contribution in [-0.2, 0) is 29.8 Å². The Morgan fingerprint density at radius 2 is 1.40 bits per heavy atom. The fourth-order valence-corrected chi connectivity index (χ4v) is 5.78. The van der Waals surface area contributed by atoms with E-state index in [1.165, 1.54) is 38.3 Å². The summed E-state index contributed by atoms with van der Waals surface area (Å²) in [4.78, 5) is 25.3. The monoisotopic (exact) mass is 713 g/mol. The Balaban J connectivity index is 1.61. The summed E-state index contributed by atoms with van der Waals surface area (Å²) in [5.74, 6) is -0.872. The fourth-order valence-electron chi connectivity index (χ4n) is 5.78. The van der Waals surface area contributed by atoms with E-state index in [0.717, 1.165) is 29.2 Å². The first-order chi connectivity index (χ1) is 23.2. The average Bonchev–Trinajstić information content (AvgIpc) is 3.31. The number of alkyl halides is 9. The van der Waals surface area contributed by atoms with Gasteiger partial charge in [-0.25, -0.2) is 9.18 Å². The van der Waals surface area contributed by atoms with E-state index in [4.69, 9.17) is 9.47 Å². The van der Waals surface area contributed by atoms with Crippen molar-refractivity contribution in [1.29, 1.82) is 0 Å². The Morgan fingerprint density at radius 3 is 1.94 bits per heavy atom. The van der Waals surface area contributed by atoms with Crippen molar-refractivity contribution in [2.45, 2.75) is 51.1 Å². The van der Waals surface area contributed by atoms with Gasteiger partial charge >= 0.3 is 24.6 Å². The fraction of sp³-hybridized carbons (Fsp3) is 0.257. The highest BCUT2D eigenvalue weighted by Gasteiger charge is 2.44. The van der Waals surface area contributed by atoms with Gasteiger partial charge in [0.15, 0.2) is 0 Å². The third-order valence-corrected chi connectivity index (χ3v) is 8.39. The van der Waals surface area contributed by atoms with Gasteiger partial charge in [-0.1, -0.05) is 24.3 Å². The number of ether oxygens (including phenoxy) is 2. The Labute approximate surface area is 278 Å². The summed E-state index contributed by atoms with van der Waals surface area (Å²) in [6.07, 6.45) is -17.5. The van der Waals surface area contributed by atoms with Crippen molar-refractivity contribution in [3.05, 3.63) is 111 Å². The minimum atomic E-state index is -5.18. The van der Waals surface area contributed by atoms with E-state index < -0.39 is 71.4 Å². The van der Waals surface area contributed by atoms with Gasteiger partial charge in [-0.05, 0) is 78.1 Å². The van der Waals surface area contributed by atoms with Crippen LogP contribution in [0.4, 0.5) is 48.7 Å². The van der Waals surface area contributed by atoms with Gasteiger partial charge in [-0.3, -0.25) is 9.69 Å². The van der Waals surface area contributed by atoms with E-state index in [1.807, 2.05) is 0 Å². The molecule has 0 saturated carbocycles. The van der Waals surface area contributed by atoms with Crippen LogP contribution in [0.1, 0.15) is 56.8 Å². The smallest absolute Gasteiger partial charge is 0.416 e. The van der Waals surface area contributed by atoms with Crippen molar-refractivity contribution in [3.63, 3.8) is 0 Å². The summed E-state index contributed by atoms with van der Waals surface area (Å²) >= 11 is 0. The number of hydrogen-bond donors (Lipinski definition) is 0. The topological polar surface area (TPSA) is 55.8 Å². The number of methoxy groups -OCH3 is 1. The molecule has 1 heterocycles. The lowest BCUT2D eigenvalue weighted by Crippen LogP contribution is -2.32. The second-order valence-electron chi connectivity index (χ2n) is 11.6. The van der Waals surface area contributed by atoms with Gasteiger partial charge in [0, 0.05) is 22.8 Å². The zero-order chi connectivity index (χ0) is 36.9. The number of hydrogen-bond acceptors (Lipinski definition) is 4. The molecule has 2 atom stereocenters. The number of cyclic esters (lactones) is 1. The van der Waals surface area contributed by atoms with Crippen LogP contribution in [0.5, 0.6) is 5.75 Å². The highest BCUT2D eigenvalue weighted by atomic mass is 19.4. The van der Waals surface area contributed by atoms with Crippen LogP contribution in [0, 0.1) is 12.7 Å². The molecule has 0 unspecified atom stereocenters. The van der Waals surface area contributed by atoms with Crippen LogP contribution >= 0.6 is 0 Å². The maximum atomic E-state index is 15.4. The van der Waals surface area contributed by atoms with Crippen molar-refractivity contribution >= 4 is 12.4 Å². The predicted octanol–water partition coefficient (Wildman–Crippen LogP) is 10.4. The average molecular weight is 714 g/mol. The maximum absolute atomic E-state index is 15.4. The SMILES string of the molecule is COc1cc(F)c(-c2ccc(C=O)c(C)c2)cc1-c1ccc(C(F)(F)F)cc1CN1C(=O)O[C@H](c2cc(C(F)(F)F)cc(C(F)(F)F)c2)[C@@H]1C. The number of halogens is 10. The molecule has 1 amide bonds. The van der Waals surface area contributed by atoms with Crippen LogP contribution in [0.3, 0.4) is 0 Å². The Morgan fingerprint density at radius 1 is 0.780 bits per heavy atom. The number of benzene rings is 4. The van der Waals surface area contributed by atoms with Crippen LogP contribution in [0.2, 0.25) is 0 Å². The van der Waals surface area contributed by atoms with Crippen LogP contribution in [-0.4, -0.2) is 30.4 Å². The molecule has 0 N–H and O–H groups in total. The zero-order valence-corrected chi connectivity index (χ0v) is 26.1. The summed E-state index contributed by atoms with van der Waals surface area (Å²) in [6.45, 7) is 2.23. The molecule has 50 heavy (non-hydrogen) atoms. The number of rotatable bonds is 7. The molecule has 15 heteroatoms. The molecule has 1 fully saturated rings. The molecule has 1 aliphatic heterocycles. The van der Waals surface area contributed by atoms with Crippen LogP contribution < -0.4 is 4.74 Å². The van der Waals surface area contributed by atoms with E-state index in [1.54, 1.807) is 6.92 Å². The highest BCUT2D eigenvalue weighted by molar-refractivity contribution is 5.83. The first kappa shape index (κ1) is 36.2. The van der Waals surface area contributed by atoms with E-state index in [0.29, 0.717) is 35.1 Å².